The Balaban J connectivity index is 2.76. The minimum absolute atomic E-state index is 0.239. The molecule has 0 bridgehead atoms. The Morgan fingerprint density at radius 1 is 1.69 bits per heavy atom. The molecule has 1 rings (SSSR count). The number of anilines is 1. The molecular weight excluding hydrogens is 226 g/mol. The van der Waals surface area contributed by atoms with Gasteiger partial charge in [0.05, 0.1) is 12.1 Å². The Bertz CT molecular complexity index is 437. The summed E-state index contributed by atoms with van der Waals surface area (Å²) < 4.78 is 5.02. The molecule has 0 atom stereocenters. The van der Waals surface area contributed by atoms with E-state index in [1.807, 2.05) is 0 Å². The molecule has 4 nitrogen and oxygen atoms in total. The number of ether oxygens (including phenoxy) is 1. The second-order valence-corrected chi connectivity index (χ2v) is 3.29. The van der Waals surface area contributed by atoms with Crippen LogP contribution >= 0.6 is 11.6 Å². The van der Waals surface area contributed by atoms with Crippen LogP contribution in [0, 0.1) is 12.3 Å². The van der Waals surface area contributed by atoms with E-state index in [1.165, 1.54) is 0 Å². The van der Waals surface area contributed by atoms with Crippen molar-refractivity contribution in [1.29, 1.82) is 0 Å². The van der Waals surface area contributed by atoms with Crippen molar-refractivity contribution in [2.45, 2.75) is 0 Å². The Labute approximate surface area is 99.5 Å². The number of nitrogens with two attached hydrogens (primary N) is 1. The van der Waals surface area contributed by atoms with Crippen LogP contribution < -0.4 is 15.8 Å². The standard InChI is InChI=1S/C11H12ClN3O/c1-3-6-14-11(13)15-8-4-5-10(16-2)9(12)7-8/h1,4-5,7H,6H2,2H3,(H3,13,14,15). The van der Waals surface area contributed by atoms with Crippen LogP contribution in [-0.2, 0) is 0 Å². The highest BCUT2D eigenvalue weighted by Crippen LogP contribution is 2.26. The number of nitrogens with one attached hydrogen (secondary N) is 1. The zero-order valence-corrected chi connectivity index (χ0v) is 9.58. The van der Waals surface area contributed by atoms with Gasteiger partial charge in [-0.3, -0.25) is 0 Å². The summed E-state index contributed by atoms with van der Waals surface area (Å²) in [6.07, 6.45) is 5.05. The zero-order chi connectivity index (χ0) is 12.0. The third-order valence-corrected chi connectivity index (χ3v) is 2.06. The largest absolute Gasteiger partial charge is 0.495 e. The molecule has 1 aromatic carbocycles. The molecule has 84 valence electrons. The maximum atomic E-state index is 5.94. The van der Waals surface area contributed by atoms with E-state index >= 15 is 0 Å². The normalized spacial score (nSPS) is 10.7. The van der Waals surface area contributed by atoms with Gasteiger partial charge in [-0.2, -0.15) is 0 Å². The van der Waals surface area contributed by atoms with Crippen LogP contribution in [0.3, 0.4) is 0 Å². The Hall–Kier alpha value is -1.86. The van der Waals surface area contributed by atoms with Crippen molar-refractivity contribution >= 4 is 23.2 Å². The van der Waals surface area contributed by atoms with E-state index in [9.17, 15) is 0 Å². The molecule has 16 heavy (non-hydrogen) atoms. The van der Waals surface area contributed by atoms with Gasteiger partial charge in [0.2, 0.25) is 0 Å². The first-order chi connectivity index (χ1) is 7.67. The maximum Gasteiger partial charge on any atom is 0.194 e. The molecule has 0 heterocycles. The van der Waals surface area contributed by atoms with E-state index in [-0.39, 0.29) is 12.5 Å². The summed E-state index contributed by atoms with van der Waals surface area (Å²) in [5.41, 5.74) is 6.31. The molecule has 0 saturated heterocycles. The molecular formula is C11H12ClN3O. The molecule has 0 radical (unpaired) electrons. The van der Waals surface area contributed by atoms with E-state index in [0.29, 0.717) is 10.8 Å². The Kier molecular flexibility index (Phi) is 4.49. The van der Waals surface area contributed by atoms with E-state index in [1.54, 1.807) is 25.3 Å². The summed E-state index contributed by atoms with van der Waals surface area (Å²) >= 11 is 5.94. The number of methoxy groups -OCH3 is 1. The van der Waals surface area contributed by atoms with Crippen molar-refractivity contribution in [3.8, 4) is 18.1 Å². The summed E-state index contributed by atoms with van der Waals surface area (Å²) in [5, 5.41) is 3.36. The highest BCUT2D eigenvalue weighted by molar-refractivity contribution is 6.32. The maximum absolute atomic E-state index is 5.94. The van der Waals surface area contributed by atoms with Crippen molar-refractivity contribution in [2.24, 2.45) is 10.7 Å². The lowest BCUT2D eigenvalue weighted by Gasteiger charge is -2.07. The molecule has 0 spiro atoms. The lowest BCUT2D eigenvalue weighted by molar-refractivity contribution is 0.415. The van der Waals surface area contributed by atoms with E-state index < -0.39 is 0 Å². The highest BCUT2D eigenvalue weighted by atomic mass is 35.5. The van der Waals surface area contributed by atoms with Gasteiger partial charge in [0.15, 0.2) is 5.96 Å². The van der Waals surface area contributed by atoms with Crippen LogP contribution in [0.25, 0.3) is 0 Å². The fraction of sp³-hybridized carbons (Fsp3) is 0.182. The highest BCUT2D eigenvalue weighted by Gasteiger charge is 2.01. The summed E-state index contributed by atoms with van der Waals surface area (Å²) in [7, 11) is 1.55. The number of terminal acetylenes is 1. The molecule has 1 aromatic rings. The van der Waals surface area contributed by atoms with E-state index in [2.05, 4.69) is 16.2 Å². The molecule has 3 N–H and O–H groups in total. The predicted molar refractivity (Wildman–Crippen MR) is 66.9 cm³/mol. The molecule has 0 aliphatic rings. The number of aliphatic imine (C=N–C) groups is 1. The molecule has 0 saturated carbocycles. The van der Waals surface area contributed by atoms with E-state index in [0.717, 1.165) is 5.69 Å². The SMILES string of the molecule is C#CCN=C(N)Nc1ccc(OC)c(Cl)c1. The van der Waals surface area contributed by atoms with Gasteiger partial charge in [-0.15, -0.1) is 6.42 Å². The monoisotopic (exact) mass is 237 g/mol. The molecule has 5 heteroatoms. The van der Waals surface area contributed by atoms with Crippen molar-refractivity contribution < 1.29 is 4.74 Å². The summed E-state index contributed by atoms with van der Waals surface area (Å²) in [6, 6.07) is 5.21. The molecule has 0 unspecified atom stereocenters. The molecule has 0 aliphatic carbocycles. The number of hydrogen-bond acceptors (Lipinski definition) is 2. The number of rotatable bonds is 3. The zero-order valence-electron chi connectivity index (χ0n) is 8.83. The van der Waals surface area contributed by atoms with Crippen LogP contribution in [0.5, 0.6) is 5.75 Å². The second kappa shape index (κ2) is 5.89. The van der Waals surface area contributed by atoms with Crippen LogP contribution in [0.2, 0.25) is 5.02 Å². The Morgan fingerprint density at radius 2 is 2.44 bits per heavy atom. The molecule has 0 amide bonds. The van der Waals surface area contributed by atoms with Crippen molar-refractivity contribution in [3.05, 3.63) is 23.2 Å². The first-order valence-electron chi connectivity index (χ1n) is 4.51. The lowest BCUT2D eigenvalue weighted by atomic mass is 10.3. The minimum atomic E-state index is 0.239. The third-order valence-electron chi connectivity index (χ3n) is 1.76. The van der Waals surface area contributed by atoms with Crippen molar-refractivity contribution in [2.75, 3.05) is 19.0 Å². The van der Waals surface area contributed by atoms with Gasteiger partial charge in [-0.05, 0) is 18.2 Å². The number of guanidine groups is 1. The number of hydrogen-bond donors (Lipinski definition) is 2. The summed E-state index contributed by atoms with van der Waals surface area (Å²) in [4.78, 5) is 3.88. The molecule has 0 aliphatic heterocycles. The topological polar surface area (TPSA) is 59.6 Å². The summed E-state index contributed by atoms with van der Waals surface area (Å²) in [5.74, 6) is 3.21. The van der Waals surface area contributed by atoms with Crippen LogP contribution in [0.15, 0.2) is 23.2 Å². The fourth-order valence-corrected chi connectivity index (χ4v) is 1.32. The van der Waals surface area contributed by atoms with Gasteiger partial charge < -0.3 is 15.8 Å². The summed E-state index contributed by atoms with van der Waals surface area (Å²) in [6.45, 7) is 0.239. The molecule has 0 aromatic heterocycles. The van der Waals surface area contributed by atoms with Crippen LogP contribution in [0.4, 0.5) is 5.69 Å². The number of nitrogens with zero attached hydrogens (tertiary/aromatic N) is 1. The predicted octanol–water partition coefficient (Wildman–Crippen LogP) is 1.71. The van der Waals surface area contributed by atoms with Crippen LogP contribution in [0.1, 0.15) is 0 Å². The van der Waals surface area contributed by atoms with E-state index in [4.69, 9.17) is 28.5 Å². The fourth-order valence-electron chi connectivity index (χ4n) is 1.06. The van der Waals surface area contributed by atoms with Crippen LogP contribution in [-0.4, -0.2) is 19.6 Å². The third kappa shape index (κ3) is 3.37. The smallest absolute Gasteiger partial charge is 0.194 e. The van der Waals surface area contributed by atoms with Gasteiger partial charge >= 0.3 is 0 Å². The Morgan fingerprint density at radius 3 is 3.00 bits per heavy atom. The van der Waals surface area contributed by atoms with Gasteiger partial charge in [-0.1, -0.05) is 17.5 Å². The average molecular weight is 238 g/mol. The second-order valence-electron chi connectivity index (χ2n) is 2.88. The van der Waals surface area contributed by atoms with Gasteiger partial charge in [0, 0.05) is 5.69 Å². The number of benzene rings is 1. The minimum Gasteiger partial charge on any atom is -0.495 e. The number of halogens is 1. The first-order valence-corrected chi connectivity index (χ1v) is 4.89. The molecule has 0 fully saturated rings. The average Bonchev–Trinajstić information content (AvgIpc) is 2.26. The van der Waals surface area contributed by atoms with Gasteiger partial charge in [0.25, 0.3) is 0 Å². The quantitative estimate of drug-likeness (QED) is 0.478. The van der Waals surface area contributed by atoms with Crippen molar-refractivity contribution in [1.82, 2.24) is 0 Å². The first kappa shape index (κ1) is 12.2. The van der Waals surface area contributed by atoms with Gasteiger partial charge in [0.1, 0.15) is 12.3 Å². The lowest BCUT2D eigenvalue weighted by Crippen LogP contribution is -2.22. The van der Waals surface area contributed by atoms with Crippen molar-refractivity contribution in [3.63, 3.8) is 0 Å². The van der Waals surface area contributed by atoms with Gasteiger partial charge in [-0.25, -0.2) is 4.99 Å².